The number of aromatic nitrogens is 2. The first-order valence-corrected chi connectivity index (χ1v) is 6.89. The fraction of sp³-hybridized carbons (Fsp3) is 0.786. The van der Waals surface area contributed by atoms with E-state index in [9.17, 15) is 5.11 Å². The predicted octanol–water partition coefficient (Wildman–Crippen LogP) is 2.78. The zero-order valence-electron chi connectivity index (χ0n) is 11.0. The summed E-state index contributed by atoms with van der Waals surface area (Å²) >= 11 is 0. The fourth-order valence-corrected chi connectivity index (χ4v) is 3.13. The van der Waals surface area contributed by atoms with E-state index in [2.05, 4.69) is 25.1 Å². The van der Waals surface area contributed by atoms with Gasteiger partial charge in [0.2, 0.25) is 0 Å². The molecule has 1 aromatic rings. The van der Waals surface area contributed by atoms with E-state index in [0.717, 1.165) is 19.4 Å². The Hall–Kier alpha value is -0.830. The van der Waals surface area contributed by atoms with Gasteiger partial charge in [0.1, 0.15) is 0 Å². The fourth-order valence-electron chi connectivity index (χ4n) is 3.13. The van der Waals surface area contributed by atoms with E-state index in [-0.39, 0.29) is 11.5 Å². The summed E-state index contributed by atoms with van der Waals surface area (Å²) in [6, 6.07) is 0. The Morgan fingerprint density at radius 2 is 2.12 bits per heavy atom. The second-order valence-corrected chi connectivity index (χ2v) is 5.35. The summed E-state index contributed by atoms with van der Waals surface area (Å²) in [5.74, 6) is 0. The normalized spacial score (nSPS) is 20.6. The topological polar surface area (TPSA) is 38.0 Å². The van der Waals surface area contributed by atoms with Crippen LogP contribution in [0.4, 0.5) is 0 Å². The van der Waals surface area contributed by atoms with Gasteiger partial charge >= 0.3 is 0 Å². The van der Waals surface area contributed by atoms with Crippen LogP contribution in [-0.4, -0.2) is 21.0 Å². The van der Waals surface area contributed by atoms with Crippen molar-refractivity contribution in [1.82, 2.24) is 9.78 Å². The predicted molar refractivity (Wildman–Crippen MR) is 68.8 cm³/mol. The maximum Gasteiger partial charge on any atom is 0.0637 e. The monoisotopic (exact) mass is 236 g/mol. The SMILES string of the molecule is CCn1cc(CC(O)C2(CC)CCCC2)cn1. The average molecular weight is 236 g/mol. The quantitative estimate of drug-likeness (QED) is 0.853. The minimum Gasteiger partial charge on any atom is -0.392 e. The van der Waals surface area contributed by atoms with Crippen LogP contribution in [0.2, 0.25) is 0 Å². The highest BCUT2D eigenvalue weighted by Crippen LogP contribution is 2.44. The molecule has 1 N–H and O–H groups in total. The molecule has 1 aromatic heterocycles. The molecule has 1 aliphatic rings. The van der Waals surface area contributed by atoms with Crippen LogP contribution in [0.1, 0.15) is 51.5 Å². The zero-order chi connectivity index (χ0) is 12.3. The van der Waals surface area contributed by atoms with Crippen molar-refractivity contribution in [2.45, 2.75) is 65.0 Å². The Balaban J connectivity index is 2.02. The van der Waals surface area contributed by atoms with Crippen LogP contribution in [0.5, 0.6) is 0 Å². The van der Waals surface area contributed by atoms with Gasteiger partial charge in [-0.1, -0.05) is 19.8 Å². The summed E-state index contributed by atoms with van der Waals surface area (Å²) in [6.07, 6.45) is 10.5. The van der Waals surface area contributed by atoms with Gasteiger partial charge in [-0.25, -0.2) is 0 Å². The molecular formula is C14H24N2O. The number of aliphatic hydroxyl groups is 1. The molecule has 0 radical (unpaired) electrons. The van der Waals surface area contributed by atoms with Crippen LogP contribution in [0, 0.1) is 5.41 Å². The summed E-state index contributed by atoms with van der Waals surface area (Å²) in [6.45, 7) is 5.19. The molecule has 0 aliphatic heterocycles. The number of rotatable bonds is 5. The van der Waals surface area contributed by atoms with Gasteiger partial charge in [0.25, 0.3) is 0 Å². The molecule has 17 heavy (non-hydrogen) atoms. The largest absolute Gasteiger partial charge is 0.392 e. The van der Waals surface area contributed by atoms with E-state index in [0.29, 0.717) is 0 Å². The molecule has 1 atom stereocenters. The molecule has 0 aromatic carbocycles. The number of aryl methyl sites for hydroxylation is 1. The molecule has 0 amide bonds. The summed E-state index contributed by atoms with van der Waals surface area (Å²) in [5, 5.41) is 14.8. The summed E-state index contributed by atoms with van der Waals surface area (Å²) in [5.41, 5.74) is 1.34. The van der Waals surface area contributed by atoms with Crippen molar-refractivity contribution < 1.29 is 5.11 Å². The van der Waals surface area contributed by atoms with Crippen LogP contribution in [-0.2, 0) is 13.0 Å². The highest BCUT2D eigenvalue weighted by atomic mass is 16.3. The summed E-state index contributed by atoms with van der Waals surface area (Å²) in [4.78, 5) is 0. The van der Waals surface area contributed by atoms with Gasteiger partial charge in [-0.3, -0.25) is 4.68 Å². The van der Waals surface area contributed by atoms with Crippen molar-refractivity contribution >= 4 is 0 Å². The molecule has 3 heteroatoms. The highest BCUT2D eigenvalue weighted by molar-refractivity contribution is 5.07. The first-order chi connectivity index (χ1) is 8.20. The Morgan fingerprint density at radius 3 is 2.65 bits per heavy atom. The van der Waals surface area contributed by atoms with Gasteiger partial charge < -0.3 is 5.11 Å². The van der Waals surface area contributed by atoms with Crippen LogP contribution in [0.25, 0.3) is 0 Å². The maximum absolute atomic E-state index is 10.5. The number of hydrogen-bond acceptors (Lipinski definition) is 2. The minimum atomic E-state index is -0.204. The van der Waals surface area contributed by atoms with Crippen LogP contribution >= 0.6 is 0 Å². The minimum absolute atomic E-state index is 0.175. The Kier molecular flexibility index (Phi) is 3.87. The third-order valence-electron chi connectivity index (χ3n) is 4.45. The molecule has 1 saturated carbocycles. The Morgan fingerprint density at radius 1 is 1.41 bits per heavy atom. The van der Waals surface area contributed by atoms with Crippen molar-refractivity contribution in [3.8, 4) is 0 Å². The van der Waals surface area contributed by atoms with Crippen molar-refractivity contribution in [1.29, 1.82) is 0 Å². The van der Waals surface area contributed by atoms with Gasteiger partial charge in [0, 0.05) is 19.2 Å². The van der Waals surface area contributed by atoms with E-state index in [4.69, 9.17) is 0 Å². The lowest BCUT2D eigenvalue weighted by Crippen LogP contribution is -2.33. The smallest absolute Gasteiger partial charge is 0.0637 e. The number of aliphatic hydroxyl groups excluding tert-OH is 1. The lowest BCUT2D eigenvalue weighted by Gasteiger charge is -2.33. The molecule has 0 saturated heterocycles. The van der Waals surface area contributed by atoms with E-state index in [1.807, 2.05) is 10.9 Å². The highest BCUT2D eigenvalue weighted by Gasteiger charge is 2.38. The van der Waals surface area contributed by atoms with Gasteiger partial charge in [-0.05, 0) is 37.2 Å². The molecule has 2 rings (SSSR count). The van der Waals surface area contributed by atoms with Crippen LogP contribution in [0.15, 0.2) is 12.4 Å². The van der Waals surface area contributed by atoms with Crippen molar-refractivity contribution in [3.05, 3.63) is 18.0 Å². The standard InChI is InChI=1S/C14H24N2O/c1-3-14(7-5-6-8-14)13(17)9-12-10-15-16(4-2)11-12/h10-11,13,17H,3-9H2,1-2H3. The number of hydrogen-bond donors (Lipinski definition) is 1. The lowest BCUT2D eigenvalue weighted by molar-refractivity contribution is 0.0257. The van der Waals surface area contributed by atoms with E-state index in [1.165, 1.54) is 31.2 Å². The van der Waals surface area contributed by atoms with Gasteiger partial charge in [-0.2, -0.15) is 5.10 Å². The van der Waals surface area contributed by atoms with Crippen molar-refractivity contribution in [2.75, 3.05) is 0 Å². The maximum atomic E-state index is 10.5. The second kappa shape index (κ2) is 5.21. The van der Waals surface area contributed by atoms with Gasteiger partial charge in [0.15, 0.2) is 0 Å². The molecule has 1 fully saturated rings. The molecular weight excluding hydrogens is 212 g/mol. The summed E-state index contributed by atoms with van der Waals surface area (Å²) < 4.78 is 1.93. The van der Waals surface area contributed by atoms with Crippen molar-refractivity contribution in [2.24, 2.45) is 5.41 Å². The molecule has 0 bridgehead atoms. The molecule has 96 valence electrons. The molecule has 0 spiro atoms. The molecule has 1 heterocycles. The Bertz CT molecular complexity index is 353. The van der Waals surface area contributed by atoms with E-state index >= 15 is 0 Å². The zero-order valence-corrected chi connectivity index (χ0v) is 11.0. The molecule has 1 aliphatic carbocycles. The van der Waals surface area contributed by atoms with Crippen LogP contribution < -0.4 is 0 Å². The van der Waals surface area contributed by atoms with E-state index < -0.39 is 0 Å². The first-order valence-electron chi connectivity index (χ1n) is 6.89. The van der Waals surface area contributed by atoms with E-state index in [1.54, 1.807) is 0 Å². The second-order valence-electron chi connectivity index (χ2n) is 5.35. The first kappa shape index (κ1) is 12.6. The third-order valence-corrected chi connectivity index (χ3v) is 4.45. The Labute approximate surface area is 104 Å². The average Bonchev–Trinajstić information content (AvgIpc) is 2.97. The van der Waals surface area contributed by atoms with Gasteiger partial charge in [0.05, 0.1) is 12.3 Å². The summed E-state index contributed by atoms with van der Waals surface area (Å²) in [7, 11) is 0. The van der Waals surface area contributed by atoms with Crippen molar-refractivity contribution in [3.63, 3.8) is 0 Å². The third kappa shape index (κ3) is 2.54. The molecule has 1 unspecified atom stereocenters. The molecule has 3 nitrogen and oxygen atoms in total. The lowest BCUT2D eigenvalue weighted by atomic mass is 9.76. The van der Waals surface area contributed by atoms with Gasteiger partial charge in [-0.15, -0.1) is 0 Å². The number of nitrogens with zero attached hydrogens (tertiary/aromatic N) is 2. The van der Waals surface area contributed by atoms with Crippen LogP contribution in [0.3, 0.4) is 0 Å².